The molecule has 1 aliphatic rings. The standard InChI is InChI=1S/C9H20N2O2S.ClH/c1-8-6-10-7-9(2)11(8)4-5-14(3,12)13;/h8-10H,4-7H2,1-3H3;1H/t8-,9+;. The second-order valence-electron chi connectivity index (χ2n) is 4.22. The molecule has 0 aromatic heterocycles. The molecule has 0 aliphatic carbocycles. The van der Waals surface area contributed by atoms with Crippen molar-refractivity contribution in [2.45, 2.75) is 25.9 Å². The summed E-state index contributed by atoms with van der Waals surface area (Å²) in [7, 11) is -2.83. The number of hydrogen-bond acceptors (Lipinski definition) is 4. The lowest BCUT2D eigenvalue weighted by Crippen LogP contribution is -2.55. The van der Waals surface area contributed by atoms with E-state index in [9.17, 15) is 8.42 Å². The van der Waals surface area contributed by atoms with Crippen molar-refractivity contribution >= 4 is 22.2 Å². The van der Waals surface area contributed by atoms with Crippen molar-refractivity contribution in [3.8, 4) is 0 Å². The molecule has 6 heteroatoms. The van der Waals surface area contributed by atoms with Crippen molar-refractivity contribution in [1.82, 2.24) is 10.2 Å². The average Bonchev–Trinajstić information content (AvgIpc) is 2.01. The molecule has 1 N–H and O–H groups in total. The average molecular weight is 257 g/mol. The summed E-state index contributed by atoms with van der Waals surface area (Å²) in [6.45, 7) is 6.82. The molecule has 1 fully saturated rings. The fourth-order valence-corrected chi connectivity index (χ4v) is 2.42. The molecular formula is C9H21ClN2O2S. The number of nitrogens with zero attached hydrogens (tertiary/aromatic N) is 1. The molecular weight excluding hydrogens is 236 g/mol. The second kappa shape index (κ2) is 6.03. The third kappa shape index (κ3) is 5.15. The van der Waals surface area contributed by atoms with Crippen LogP contribution < -0.4 is 5.32 Å². The topological polar surface area (TPSA) is 49.4 Å². The van der Waals surface area contributed by atoms with Gasteiger partial charge >= 0.3 is 0 Å². The zero-order chi connectivity index (χ0) is 10.8. The van der Waals surface area contributed by atoms with Crippen LogP contribution >= 0.6 is 12.4 Å². The highest BCUT2D eigenvalue weighted by Gasteiger charge is 2.24. The molecule has 15 heavy (non-hydrogen) atoms. The molecule has 0 bridgehead atoms. The van der Waals surface area contributed by atoms with Crippen LogP contribution in [0.1, 0.15) is 13.8 Å². The Hall–Kier alpha value is 0.160. The number of halogens is 1. The summed E-state index contributed by atoms with van der Waals surface area (Å²) in [5.41, 5.74) is 0. The zero-order valence-corrected chi connectivity index (χ0v) is 11.2. The van der Waals surface area contributed by atoms with Crippen LogP contribution in [0.5, 0.6) is 0 Å². The van der Waals surface area contributed by atoms with Crippen molar-refractivity contribution in [2.75, 3.05) is 31.6 Å². The van der Waals surface area contributed by atoms with E-state index < -0.39 is 9.84 Å². The Morgan fingerprint density at radius 3 is 2.13 bits per heavy atom. The zero-order valence-electron chi connectivity index (χ0n) is 9.56. The monoisotopic (exact) mass is 256 g/mol. The molecule has 0 unspecified atom stereocenters. The minimum absolute atomic E-state index is 0. The molecule has 4 nitrogen and oxygen atoms in total. The molecule has 92 valence electrons. The fraction of sp³-hybridized carbons (Fsp3) is 1.00. The third-order valence-corrected chi connectivity index (χ3v) is 3.66. The summed E-state index contributed by atoms with van der Waals surface area (Å²) >= 11 is 0. The van der Waals surface area contributed by atoms with E-state index >= 15 is 0 Å². The number of nitrogens with one attached hydrogen (secondary N) is 1. The van der Waals surface area contributed by atoms with Gasteiger partial charge in [-0.05, 0) is 13.8 Å². The number of piperazine rings is 1. The third-order valence-electron chi connectivity index (χ3n) is 2.73. The summed E-state index contributed by atoms with van der Waals surface area (Å²) in [5.74, 6) is 0.266. The highest BCUT2D eigenvalue weighted by Crippen LogP contribution is 2.09. The molecule has 0 aromatic rings. The first-order chi connectivity index (χ1) is 6.40. The van der Waals surface area contributed by atoms with Crippen LogP contribution in [0.15, 0.2) is 0 Å². The van der Waals surface area contributed by atoms with E-state index in [-0.39, 0.29) is 18.2 Å². The van der Waals surface area contributed by atoms with Crippen LogP contribution in [-0.2, 0) is 9.84 Å². The van der Waals surface area contributed by atoms with Gasteiger partial charge in [0.15, 0.2) is 0 Å². The van der Waals surface area contributed by atoms with Gasteiger partial charge in [-0.25, -0.2) is 8.42 Å². The molecule has 1 aliphatic heterocycles. The van der Waals surface area contributed by atoms with Gasteiger partial charge in [-0.3, -0.25) is 4.90 Å². The van der Waals surface area contributed by atoms with Crippen LogP contribution in [0.4, 0.5) is 0 Å². The lowest BCUT2D eigenvalue weighted by atomic mass is 10.1. The van der Waals surface area contributed by atoms with Gasteiger partial charge in [0, 0.05) is 38.0 Å². The van der Waals surface area contributed by atoms with Crippen LogP contribution in [0.3, 0.4) is 0 Å². The Morgan fingerprint density at radius 1 is 1.27 bits per heavy atom. The Labute approximate surface area is 98.7 Å². The molecule has 1 saturated heterocycles. The molecule has 0 spiro atoms. The second-order valence-corrected chi connectivity index (χ2v) is 6.48. The summed E-state index contributed by atoms with van der Waals surface area (Å²) in [6, 6.07) is 0.862. The minimum Gasteiger partial charge on any atom is -0.314 e. The van der Waals surface area contributed by atoms with Gasteiger partial charge in [0.1, 0.15) is 9.84 Å². The Morgan fingerprint density at radius 2 is 1.73 bits per heavy atom. The van der Waals surface area contributed by atoms with Crippen molar-refractivity contribution in [2.24, 2.45) is 0 Å². The smallest absolute Gasteiger partial charge is 0.148 e. The number of sulfone groups is 1. The molecule has 1 rings (SSSR count). The SMILES string of the molecule is C[C@@H]1CNC[C@H](C)N1CCS(C)(=O)=O.Cl. The molecule has 1 heterocycles. The van der Waals surface area contributed by atoms with E-state index in [0.717, 1.165) is 13.1 Å². The van der Waals surface area contributed by atoms with Gasteiger partial charge in [-0.2, -0.15) is 0 Å². The molecule has 0 saturated carbocycles. The van der Waals surface area contributed by atoms with Crippen LogP contribution in [0.2, 0.25) is 0 Å². The molecule has 2 atom stereocenters. The maximum atomic E-state index is 11.0. The van der Waals surface area contributed by atoms with E-state index in [1.54, 1.807) is 0 Å². The first-order valence-corrected chi connectivity index (χ1v) is 7.10. The Kier molecular flexibility index (Phi) is 6.10. The molecule has 0 amide bonds. The molecule has 0 aromatic carbocycles. The van der Waals surface area contributed by atoms with Gasteiger partial charge in [0.2, 0.25) is 0 Å². The highest BCUT2D eigenvalue weighted by molar-refractivity contribution is 7.90. The van der Waals surface area contributed by atoms with E-state index in [1.807, 2.05) is 0 Å². The fourth-order valence-electron chi connectivity index (χ4n) is 1.88. The highest BCUT2D eigenvalue weighted by atomic mass is 35.5. The lowest BCUT2D eigenvalue weighted by Gasteiger charge is -2.39. The summed E-state index contributed by atoms with van der Waals surface area (Å²) in [6.07, 6.45) is 1.30. The van der Waals surface area contributed by atoms with Crippen molar-refractivity contribution in [3.63, 3.8) is 0 Å². The summed E-state index contributed by atoms with van der Waals surface area (Å²) < 4.78 is 22.1. The maximum absolute atomic E-state index is 11.0. The predicted octanol–water partition coefficient (Wildman–Crippen LogP) is 0.135. The van der Waals surface area contributed by atoms with Crippen molar-refractivity contribution < 1.29 is 8.42 Å². The van der Waals surface area contributed by atoms with Crippen molar-refractivity contribution in [1.29, 1.82) is 0 Å². The maximum Gasteiger partial charge on any atom is 0.148 e. The van der Waals surface area contributed by atoms with Crippen molar-refractivity contribution in [3.05, 3.63) is 0 Å². The quantitative estimate of drug-likeness (QED) is 0.780. The van der Waals surface area contributed by atoms with Gasteiger partial charge in [0.25, 0.3) is 0 Å². The van der Waals surface area contributed by atoms with Gasteiger partial charge in [-0.1, -0.05) is 0 Å². The Balaban J connectivity index is 0.00000196. The van der Waals surface area contributed by atoms with E-state index in [4.69, 9.17) is 0 Å². The molecule has 0 radical (unpaired) electrons. The van der Waals surface area contributed by atoms with E-state index in [1.165, 1.54) is 6.26 Å². The predicted molar refractivity (Wildman–Crippen MR) is 65.5 cm³/mol. The van der Waals surface area contributed by atoms with Crippen LogP contribution in [0, 0.1) is 0 Å². The number of hydrogen-bond donors (Lipinski definition) is 1. The first kappa shape index (κ1) is 15.2. The number of rotatable bonds is 3. The summed E-state index contributed by atoms with van der Waals surface area (Å²) in [5, 5.41) is 3.32. The van der Waals surface area contributed by atoms with Gasteiger partial charge in [-0.15, -0.1) is 12.4 Å². The van der Waals surface area contributed by atoms with Crippen LogP contribution in [0.25, 0.3) is 0 Å². The normalized spacial score (nSPS) is 28.5. The van der Waals surface area contributed by atoms with Gasteiger partial charge < -0.3 is 5.32 Å². The largest absolute Gasteiger partial charge is 0.314 e. The van der Waals surface area contributed by atoms with Gasteiger partial charge in [0.05, 0.1) is 5.75 Å². The Bertz CT molecular complexity index is 272. The summed E-state index contributed by atoms with van der Waals surface area (Å²) in [4.78, 5) is 2.26. The minimum atomic E-state index is -2.83. The van der Waals surface area contributed by atoms with E-state index in [0.29, 0.717) is 18.6 Å². The van der Waals surface area contributed by atoms with Crippen LogP contribution in [-0.4, -0.2) is 57.0 Å². The van der Waals surface area contributed by atoms with E-state index in [2.05, 4.69) is 24.1 Å². The lowest BCUT2D eigenvalue weighted by molar-refractivity contribution is 0.125. The first-order valence-electron chi connectivity index (χ1n) is 5.04.